The summed E-state index contributed by atoms with van der Waals surface area (Å²) in [7, 11) is 0. The van der Waals surface area contributed by atoms with Crippen LogP contribution in [0.3, 0.4) is 0 Å². The highest BCUT2D eigenvalue weighted by Crippen LogP contribution is 2.42. The van der Waals surface area contributed by atoms with E-state index in [1.165, 1.54) is 19.2 Å². The first-order valence-corrected chi connectivity index (χ1v) is 12.8. The van der Waals surface area contributed by atoms with E-state index in [9.17, 15) is 9.59 Å². The molecule has 2 bridgehead atoms. The van der Waals surface area contributed by atoms with Gasteiger partial charge in [0.15, 0.2) is 12.6 Å². The molecule has 188 valence electrons. The number of rotatable bonds is 6. The van der Waals surface area contributed by atoms with Crippen LogP contribution in [0.1, 0.15) is 56.9 Å². The number of carbonyl (C=O) groups is 2. The van der Waals surface area contributed by atoms with Crippen LogP contribution in [-0.4, -0.2) is 58.6 Å². The summed E-state index contributed by atoms with van der Waals surface area (Å²) in [6.45, 7) is 3.02. The topological polar surface area (TPSA) is 81.2 Å². The van der Waals surface area contributed by atoms with E-state index in [0.29, 0.717) is 22.8 Å². The summed E-state index contributed by atoms with van der Waals surface area (Å²) in [6.07, 6.45) is 11.1. The van der Waals surface area contributed by atoms with Gasteiger partial charge in [0.2, 0.25) is 0 Å². The number of amides is 1. The van der Waals surface area contributed by atoms with Crippen LogP contribution in [0.5, 0.6) is 0 Å². The van der Waals surface area contributed by atoms with E-state index in [0.717, 1.165) is 63.7 Å². The number of hydrogen-bond donors (Lipinski definition) is 1. The number of ether oxygens (including phenoxy) is 1. The van der Waals surface area contributed by atoms with Crippen molar-refractivity contribution in [3.63, 3.8) is 0 Å². The zero-order chi connectivity index (χ0) is 23.4. The van der Waals surface area contributed by atoms with Crippen LogP contribution in [-0.2, 0) is 19.7 Å². The fraction of sp³-hybridized carbons (Fsp3) is 0.556. The van der Waals surface area contributed by atoms with Crippen molar-refractivity contribution in [2.24, 2.45) is 5.92 Å². The van der Waals surface area contributed by atoms with E-state index in [2.05, 4.69) is 27.4 Å². The van der Waals surface area contributed by atoms with Crippen molar-refractivity contribution < 1.29 is 31.2 Å². The Kier molecular flexibility index (Phi) is 8.07. The minimum Gasteiger partial charge on any atom is -1.00 e. The van der Waals surface area contributed by atoms with E-state index >= 15 is 0 Å². The molecule has 0 radical (unpaired) electrons. The maximum atomic E-state index is 13.9. The van der Waals surface area contributed by atoms with Gasteiger partial charge >= 0.3 is 5.97 Å². The summed E-state index contributed by atoms with van der Waals surface area (Å²) in [5, 5.41) is 2.89. The Balaban J connectivity index is 0.00000289. The molecule has 1 N–H and O–H groups in total. The molecule has 1 saturated carbocycles. The second kappa shape index (κ2) is 11.0. The van der Waals surface area contributed by atoms with Gasteiger partial charge in [-0.2, -0.15) is 0 Å². The molecule has 6 rings (SSSR count). The number of halogens is 1. The predicted octanol–water partition coefficient (Wildman–Crippen LogP) is 0.864. The molecule has 1 atom stereocenters. The Labute approximate surface area is 213 Å². The highest BCUT2D eigenvalue weighted by molar-refractivity contribution is 5.90. The molecule has 4 fully saturated rings. The van der Waals surface area contributed by atoms with Crippen molar-refractivity contribution in [2.45, 2.75) is 62.9 Å². The van der Waals surface area contributed by atoms with Crippen LogP contribution in [0.15, 0.2) is 48.9 Å². The number of anilines is 1. The first kappa shape index (κ1) is 25.6. The SMILES string of the molecule is O=C(C[N+]12CCC(CC1)C(OC(=O)C1(c3ccccc3)CCCCCC1)C2)Nc1ccncn1.[Cl-]. The maximum absolute atomic E-state index is 13.9. The Morgan fingerprint density at radius 2 is 1.74 bits per heavy atom. The Morgan fingerprint density at radius 1 is 1.03 bits per heavy atom. The summed E-state index contributed by atoms with van der Waals surface area (Å²) < 4.78 is 7.08. The van der Waals surface area contributed by atoms with Gasteiger partial charge in [-0.15, -0.1) is 0 Å². The maximum Gasteiger partial charge on any atom is 0.317 e. The third kappa shape index (κ3) is 5.51. The van der Waals surface area contributed by atoms with Crippen molar-refractivity contribution in [3.8, 4) is 0 Å². The number of carbonyl (C=O) groups excluding carboxylic acids is 2. The van der Waals surface area contributed by atoms with Crippen LogP contribution < -0.4 is 17.7 Å². The van der Waals surface area contributed by atoms with Crippen molar-refractivity contribution in [1.29, 1.82) is 0 Å². The van der Waals surface area contributed by atoms with Gasteiger partial charge in [0.1, 0.15) is 18.7 Å². The number of benzene rings is 1. The highest BCUT2D eigenvalue weighted by atomic mass is 35.5. The van der Waals surface area contributed by atoms with Gasteiger partial charge in [-0.25, -0.2) is 9.97 Å². The summed E-state index contributed by atoms with van der Waals surface area (Å²) in [4.78, 5) is 34.7. The molecule has 1 amide bonds. The third-order valence-corrected chi connectivity index (χ3v) is 8.30. The summed E-state index contributed by atoms with van der Waals surface area (Å²) in [5.41, 5.74) is 0.551. The second-order valence-electron chi connectivity index (χ2n) is 10.4. The second-order valence-corrected chi connectivity index (χ2v) is 10.4. The van der Waals surface area contributed by atoms with Gasteiger partial charge in [-0.3, -0.25) is 9.59 Å². The van der Waals surface area contributed by atoms with Crippen molar-refractivity contribution in [1.82, 2.24) is 9.97 Å². The molecular weight excluding hydrogens is 464 g/mol. The van der Waals surface area contributed by atoms with Crippen molar-refractivity contribution >= 4 is 17.7 Å². The zero-order valence-electron chi connectivity index (χ0n) is 20.2. The molecule has 8 heteroatoms. The van der Waals surface area contributed by atoms with Gasteiger partial charge in [-0.1, -0.05) is 56.0 Å². The summed E-state index contributed by atoms with van der Waals surface area (Å²) >= 11 is 0. The molecule has 1 aliphatic carbocycles. The smallest absolute Gasteiger partial charge is 0.317 e. The van der Waals surface area contributed by atoms with Gasteiger partial charge in [0, 0.05) is 25.0 Å². The number of aromatic nitrogens is 2. The fourth-order valence-corrected chi connectivity index (χ4v) is 6.38. The molecule has 1 aromatic carbocycles. The minimum absolute atomic E-state index is 0. The van der Waals surface area contributed by atoms with Gasteiger partial charge < -0.3 is 26.9 Å². The monoisotopic (exact) mass is 498 g/mol. The molecule has 4 heterocycles. The molecule has 2 aromatic rings. The standard InChI is InChI=1S/C27H34N4O3.ClH/c32-25(30-24-10-15-28-20-29-24)19-31-16-11-21(12-17-31)23(18-31)34-26(33)27(13-6-1-2-7-14-27)22-8-4-3-5-9-22;/h3-5,8-10,15,20-21,23H,1-2,6-7,11-14,16-19H2;1H. The van der Waals surface area contributed by atoms with Crippen LogP contribution in [0.4, 0.5) is 5.82 Å². The van der Waals surface area contributed by atoms with Gasteiger partial charge in [0.05, 0.1) is 18.5 Å². The number of nitrogens with zero attached hydrogens (tertiary/aromatic N) is 3. The molecule has 7 nitrogen and oxygen atoms in total. The number of quaternary nitrogens is 1. The van der Waals surface area contributed by atoms with E-state index in [-0.39, 0.29) is 30.4 Å². The van der Waals surface area contributed by atoms with E-state index in [4.69, 9.17) is 4.74 Å². The lowest BCUT2D eigenvalue weighted by Gasteiger charge is -2.52. The molecule has 0 spiro atoms. The first-order valence-electron chi connectivity index (χ1n) is 12.8. The van der Waals surface area contributed by atoms with Gasteiger partial charge in [0.25, 0.3) is 5.91 Å². The Bertz CT molecular complexity index is 988. The molecule has 3 aliphatic heterocycles. The lowest BCUT2D eigenvalue weighted by molar-refractivity contribution is -0.939. The average Bonchev–Trinajstić information content (AvgIpc) is 3.13. The molecule has 1 unspecified atom stereocenters. The Morgan fingerprint density at radius 3 is 2.40 bits per heavy atom. The minimum atomic E-state index is -0.543. The number of nitrogens with one attached hydrogen (secondary N) is 1. The molecule has 35 heavy (non-hydrogen) atoms. The van der Waals surface area contributed by atoms with Crippen LogP contribution in [0, 0.1) is 5.92 Å². The van der Waals surface area contributed by atoms with E-state index < -0.39 is 5.41 Å². The molecular formula is C27H35ClN4O3. The fourth-order valence-electron chi connectivity index (χ4n) is 6.38. The van der Waals surface area contributed by atoms with Crippen molar-refractivity contribution in [2.75, 3.05) is 31.5 Å². The highest BCUT2D eigenvalue weighted by Gasteiger charge is 2.51. The van der Waals surface area contributed by atoms with Crippen LogP contribution in [0.2, 0.25) is 0 Å². The summed E-state index contributed by atoms with van der Waals surface area (Å²) in [6, 6.07) is 11.9. The van der Waals surface area contributed by atoms with Gasteiger partial charge in [-0.05, 0) is 24.5 Å². The summed E-state index contributed by atoms with van der Waals surface area (Å²) in [5.74, 6) is 0.815. The predicted molar refractivity (Wildman–Crippen MR) is 129 cm³/mol. The van der Waals surface area contributed by atoms with Crippen LogP contribution in [0.25, 0.3) is 0 Å². The number of esters is 1. The first-order chi connectivity index (χ1) is 16.6. The molecule has 3 saturated heterocycles. The zero-order valence-corrected chi connectivity index (χ0v) is 21.0. The largest absolute Gasteiger partial charge is 1.00 e. The van der Waals surface area contributed by atoms with Crippen LogP contribution >= 0.6 is 0 Å². The molecule has 4 aliphatic rings. The normalized spacial score (nSPS) is 27.2. The lowest BCUT2D eigenvalue weighted by atomic mass is 9.74. The van der Waals surface area contributed by atoms with E-state index in [1.807, 2.05) is 18.2 Å². The number of hydrogen-bond acceptors (Lipinski definition) is 5. The third-order valence-electron chi connectivity index (χ3n) is 8.30. The average molecular weight is 499 g/mol. The lowest BCUT2D eigenvalue weighted by Crippen LogP contribution is -3.00. The van der Waals surface area contributed by atoms with E-state index in [1.54, 1.807) is 12.3 Å². The molecule has 1 aromatic heterocycles. The number of piperidine rings is 3. The van der Waals surface area contributed by atoms with Crippen molar-refractivity contribution in [3.05, 3.63) is 54.5 Å². The quantitative estimate of drug-likeness (QED) is 0.363. The number of fused-ring (bicyclic) bond motifs is 3. The Hall–Kier alpha value is -2.51.